The van der Waals surface area contributed by atoms with Crippen LogP contribution in [0.5, 0.6) is 0 Å². The molecule has 2 rings (SSSR count). The third-order valence-electron chi connectivity index (χ3n) is 4.29. The average molecular weight is 309 g/mol. The van der Waals surface area contributed by atoms with Gasteiger partial charge in [-0.25, -0.2) is 4.63 Å². The maximum Gasteiger partial charge on any atom is 0.226 e. The maximum atomic E-state index is 11.9. The van der Waals surface area contributed by atoms with Gasteiger partial charge in [0.15, 0.2) is 0 Å². The summed E-state index contributed by atoms with van der Waals surface area (Å²) < 4.78 is 4.58. The van der Waals surface area contributed by atoms with E-state index in [-0.39, 0.29) is 30.3 Å². The molecule has 0 bridgehead atoms. The molecule has 122 valence electrons. The molecule has 1 aromatic heterocycles. The van der Waals surface area contributed by atoms with E-state index in [9.17, 15) is 9.59 Å². The van der Waals surface area contributed by atoms with Gasteiger partial charge >= 0.3 is 0 Å². The molecule has 0 saturated carbocycles. The molecule has 22 heavy (non-hydrogen) atoms. The van der Waals surface area contributed by atoms with Crippen molar-refractivity contribution in [1.82, 2.24) is 25.8 Å². The van der Waals surface area contributed by atoms with Gasteiger partial charge in [-0.15, -0.1) is 0 Å². The van der Waals surface area contributed by atoms with Crippen molar-refractivity contribution in [3.63, 3.8) is 0 Å². The van der Waals surface area contributed by atoms with Crippen LogP contribution in [0.3, 0.4) is 0 Å². The number of carbonyl (C=O) groups is 2. The van der Waals surface area contributed by atoms with E-state index in [1.807, 2.05) is 7.05 Å². The lowest BCUT2D eigenvalue weighted by Crippen LogP contribution is -2.42. The van der Waals surface area contributed by atoms with E-state index in [1.54, 1.807) is 14.0 Å². The number of hydrogen-bond donors (Lipinski definition) is 2. The van der Waals surface area contributed by atoms with Crippen LogP contribution in [0.4, 0.5) is 0 Å². The molecule has 1 fully saturated rings. The first-order valence-corrected chi connectivity index (χ1v) is 7.48. The summed E-state index contributed by atoms with van der Waals surface area (Å²) >= 11 is 0. The Hall–Kier alpha value is -1.96. The molecule has 2 heterocycles. The molecule has 0 aromatic carbocycles. The molecule has 0 spiro atoms. The molecule has 2 amide bonds. The molecule has 8 nitrogen and oxygen atoms in total. The first-order valence-electron chi connectivity index (χ1n) is 7.48. The maximum absolute atomic E-state index is 11.9. The zero-order chi connectivity index (χ0) is 16.1. The molecule has 1 aromatic rings. The van der Waals surface area contributed by atoms with Crippen molar-refractivity contribution in [2.45, 2.75) is 44.7 Å². The number of nitrogens with one attached hydrogen (secondary N) is 2. The number of aryl methyl sites for hydroxylation is 1. The van der Waals surface area contributed by atoms with Gasteiger partial charge in [-0.2, -0.15) is 0 Å². The fourth-order valence-electron chi connectivity index (χ4n) is 2.75. The van der Waals surface area contributed by atoms with Gasteiger partial charge in [-0.1, -0.05) is 10.3 Å². The quantitative estimate of drug-likeness (QED) is 0.744. The fourth-order valence-corrected chi connectivity index (χ4v) is 2.75. The molecule has 0 aliphatic carbocycles. The smallest absolute Gasteiger partial charge is 0.226 e. The number of likely N-dealkylation sites (tertiary alicyclic amines) is 1. The standard InChI is InChI=1S/C14H23N5O3/c1-9-12(18-22-17-9)7-14(21)16-8-11-5-4-10(19(11)3)6-13(20)15-2/h10-11H,4-8H2,1-3H3,(H,15,20)(H,16,21)/t10-,11+/m1/s1. The summed E-state index contributed by atoms with van der Waals surface area (Å²) in [5, 5.41) is 12.9. The first kappa shape index (κ1) is 16.4. The first-order chi connectivity index (χ1) is 10.5. The summed E-state index contributed by atoms with van der Waals surface area (Å²) in [6, 6.07) is 0.499. The van der Waals surface area contributed by atoms with Crippen molar-refractivity contribution in [1.29, 1.82) is 0 Å². The van der Waals surface area contributed by atoms with Gasteiger partial charge in [0.2, 0.25) is 11.8 Å². The van der Waals surface area contributed by atoms with Crippen LogP contribution in [-0.4, -0.2) is 59.8 Å². The number of carbonyl (C=O) groups excluding carboxylic acids is 2. The van der Waals surface area contributed by atoms with Gasteiger partial charge in [0.05, 0.1) is 6.42 Å². The lowest BCUT2D eigenvalue weighted by atomic mass is 10.1. The highest BCUT2D eigenvalue weighted by Gasteiger charge is 2.31. The molecule has 2 atom stereocenters. The third-order valence-corrected chi connectivity index (χ3v) is 4.29. The molecule has 0 unspecified atom stereocenters. The zero-order valence-corrected chi connectivity index (χ0v) is 13.3. The van der Waals surface area contributed by atoms with Gasteiger partial charge in [0.25, 0.3) is 0 Å². The van der Waals surface area contributed by atoms with Crippen molar-refractivity contribution in [2.24, 2.45) is 0 Å². The second kappa shape index (κ2) is 7.35. The van der Waals surface area contributed by atoms with Gasteiger partial charge in [0.1, 0.15) is 11.4 Å². The molecule has 1 aliphatic rings. The van der Waals surface area contributed by atoms with E-state index in [0.29, 0.717) is 24.4 Å². The molecule has 2 N–H and O–H groups in total. The van der Waals surface area contributed by atoms with Crippen molar-refractivity contribution in [3.05, 3.63) is 11.4 Å². The van der Waals surface area contributed by atoms with Gasteiger partial charge in [0, 0.05) is 32.1 Å². The third kappa shape index (κ3) is 4.03. The number of hydrogen-bond acceptors (Lipinski definition) is 6. The van der Waals surface area contributed by atoms with E-state index in [2.05, 4.69) is 30.5 Å². The highest BCUT2D eigenvalue weighted by atomic mass is 16.6. The molecular formula is C14H23N5O3. The van der Waals surface area contributed by atoms with Crippen LogP contribution in [0.2, 0.25) is 0 Å². The Morgan fingerprint density at radius 1 is 1.27 bits per heavy atom. The van der Waals surface area contributed by atoms with Crippen LogP contribution in [0.15, 0.2) is 4.63 Å². The zero-order valence-electron chi connectivity index (χ0n) is 13.3. The topological polar surface area (TPSA) is 100 Å². The predicted molar refractivity (Wildman–Crippen MR) is 79.0 cm³/mol. The highest BCUT2D eigenvalue weighted by molar-refractivity contribution is 5.78. The monoisotopic (exact) mass is 309 g/mol. The SMILES string of the molecule is CNC(=O)C[C@H]1CC[C@@H](CNC(=O)Cc2nonc2C)N1C. The summed E-state index contributed by atoms with van der Waals surface area (Å²) in [5.74, 6) is -0.0440. The van der Waals surface area contributed by atoms with Crippen LogP contribution in [0.1, 0.15) is 30.7 Å². The average Bonchev–Trinajstić information content (AvgIpc) is 3.04. The van der Waals surface area contributed by atoms with Gasteiger partial charge in [-0.3, -0.25) is 14.5 Å². The minimum atomic E-state index is -0.0954. The van der Waals surface area contributed by atoms with E-state index >= 15 is 0 Å². The number of rotatable bonds is 6. The van der Waals surface area contributed by atoms with Crippen molar-refractivity contribution in [2.75, 3.05) is 20.6 Å². The molecule has 0 radical (unpaired) electrons. The van der Waals surface area contributed by atoms with Gasteiger partial charge in [-0.05, 0) is 26.8 Å². The summed E-state index contributed by atoms with van der Waals surface area (Å²) in [6.07, 6.45) is 2.62. The lowest BCUT2D eigenvalue weighted by Gasteiger charge is -2.25. The van der Waals surface area contributed by atoms with Crippen LogP contribution < -0.4 is 10.6 Å². The Balaban J connectivity index is 1.76. The van der Waals surface area contributed by atoms with Crippen LogP contribution >= 0.6 is 0 Å². The van der Waals surface area contributed by atoms with E-state index in [1.165, 1.54) is 0 Å². The van der Waals surface area contributed by atoms with E-state index in [0.717, 1.165) is 12.8 Å². The molecule has 1 aliphatic heterocycles. The Morgan fingerprint density at radius 2 is 2.00 bits per heavy atom. The Morgan fingerprint density at radius 3 is 2.64 bits per heavy atom. The number of nitrogens with zero attached hydrogens (tertiary/aromatic N) is 3. The summed E-state index contributed by atoms with van der Waals surface area (Å²) in [6.45, 7) is 2.33. The van der Waals surface area contributed by atoms with Crippen molar-refractivity contribution >= 4 is 11.8 Å². The summed E-state index contributed by atoms with van der Waals surface area (Å²) in [5.41, 5.74) is 1.20. The second-order valence-electron chi connectivity index (χ2n) is 5.70. The van der Waals surface area contributed by atoms with Crippen LogP contribution in [0, 0.1) is 6.92 Å². The summed E-state index contributed by atoms with van der Waals surface area (Å²) in [7, 11) is 3.65. The number of amides is 2. The Labute approximate surface area is 129 Å². The van der Waals surface area contributed by atoms with Gasteiger partial charge < -0.3 is 10.6 Å². The fraction of sp³-hybridized carbons (Fsp3) is 0.714. The van der Waals surface area contributed by atoms with E-state index in [4.69, 9.17) is 0 Å². The van der Waals surface area contributed by atoms with Crippen LogP contribution in [-0.2, 0) is 16.0 Å². The minimum absolute atomic E-state index is 0.0514. The largest absolute Gasteiger partial charge is 0.359 e. The van der Waals surface area contributed by atoms with Crippen molar-refractivity contribution < 1.29 is 14.2 Å². The minimum Gasteiger partial charge on any atom is -0.359 e. The predicted octanol–water partition coefficient (Wildman–Crippen LogP) is -0.364. The lowest BCUT2D eigenvalue weighted by molar-refractivity contribution is -0.122. The number of likely N-dealkylation sites (N-methyl/N-ethyl adjacent to an activating group) is 1. The Kier molecular flexibility index (Phi) is 5.48. The summed E-state index contributed by atoms with van der Waals surface area (Å²) in [4.78, 5) is 25.6. The molecule has 1 saturated heterocycles. The normalized spacial score (nSPS) is 21.8. The molecule has 8 heteroatoms. The highest BCUT2D eigenvalue weighted by Crippen LogP contribution is 2.24. The second-order valence-corrected chi connectivity index (χ2v) is 5.70. The molecular weight excluding hydrogens is 286 g/mol. The number of aromatic nitrogens is 2. The Bertz CT molecular complexity index is 530. The van der Waals surface area contributed by atoms with E-state index < -0.39 is 0 Å². The van der Waals surface area contributed by atoms with Crippen LogP contribution in [0.25, 0.3) is 0 Å². The van der Waals surface area contributed by atoms with Crippen molar-refractivity contribution in [3.8, 4) is 0 Å².